The van der Waals surface area contributed by atoms with Gasteiger partial charge in [-0.05, 0) is 0 Å². The quantitative estimate of drug-likeness (QED) is 0.577. The predicted octanol–water partition coefficient (Wildman–Crippen LogP) is 1.80. The average molecular weight is 252 g/mol. The van der Waals surface area contributed by atoms with Gasteiger partial charge >= 0.3 is 0 Å². The second-order valence-electron chi connectivity index (χ2n) is 0. The topological polar surface area (TPSA) is 0 Å². The molecule has 0 unspecified atom stereocenters. The molecule has 0 saturated heterocycles. The molecule has 1 radical (unpaired) electrons. The van der Waals surface area contributed by atoms with E-state index in [-0.39, 0.29) is 49.8 Å². The van der Waals surface area contributed by atoms with E-state index in [1.54, 1.807) is 0 Å². The van der Waals surface area contributed by atoms with E-state index >= 15 is 0 Å². The van der Waals surface area contributed by atoms with Crippen molar-refractivity contribution in [2.24, 2.45) is 0 Å². The van der Waals surface area contributed by atoms with Crippen LogP contribution in [0.15, 0.2) is 0 Å². The van der Waals surface area contributed by atoms with E-state index < -0.39 is 0 Å². The summed E-state index contributed by atoms with van der Waals surface area (Å²) in [7, 11) is 0. The number of rotatable bonds is 0. The molecular formula is C4H12Ir. The van der Waals surface area contributed by atoms with Gasteiger partial charge in [0.1, 0.15) is 0 Å². The van der Waals surface area contributed by atoms with Gasteiger partial charge in [-0.3, -0.25) is 0 Å². The van der Waals surface area contributed by atoms with Crippen LogP contribution < -0.4 is 0 Å². The van der Waals surface area contributed by atoms with E-state index in [4.69, 9.17) is 0 Å². The maximum absolute atomic E-state index is 0. The Morgan fingerprint density at radius 3 is 0.600 bits per heavy atom. The van der Waals surface area contributed by atoms with E-state index in [1.165, 1.54) is 0 Å². The summed E-state index contributed by atoms with van der Waals surface area (Å²) in [4.78, 5) is 0. The van der Waals surface area contributed by atoms with Gasteiger partial charge in [0.05, 0.1) is 0 Å². The summed E-state index contributed by atoms with van der Waals surface area (Å²) in [5.74, 6) is 0. The van der Waals surface area contributed by atoms with Gasteiger partial charge in [0.25, 0.3) is 0 Å². The van der Waals surface area contributed by atoms with Gasteiger partial charge < -0.3 is 14.9 Å². The maximum Gasteiger partial charge on any atom is 0.0467 e. The summed E-state index contributed by atoms with van der Waals surface area (Å²) in [6, 6.07) is 0. The molecule has 0 aromatic carbocycles. The molecule has 0 aliphatic heterocycles. The molecule has 0 spiro atoms. The minimum absolute atomic E-state index is 0. The summed E-state index contributed by atoms with van der Waals surface area (Å²) in [6.45, 7) is 0. The molecule has 0 aromatic heterocycles. The van der Waals surface area contributed by atoms with Crippen molar-refractivity contribution in [2.75, 3.05) is 0 Å². The van der Waals surface area contributed by atoms with E-state index in [9.17, 15) is 0 Å². The third-order valence-corrected chi connectivity index (χ3v) is 0. The van der Waals surface area contributed by atoms with Crippen LogP contribution in [0.2, 0.25) is 0 Å². The molecule has 0 aliphatic rings. The third kappa shape index (κ3) is 165. The molecule has 0 saturated carbocycles. The SMILES string of the molecule is [CH3+].[CH3+].[CH3-].[CH3-].[Ir]. The van der Waals surface area contributed by atoms with Crippen molar-refractivity contribution in [3.63, 3.8) is 0 Å². The van der Waals surface area contributed by atoms with Crippen molar-refractivity contribution >= 4 is 0 Å². The second-order valence-corrected chi connectivity index (χ2v) is 0. The third-order valence-electron chi connectivity index (χ3n) is 0. The van der Waals surface area contributed by atoms with Crippen molar-refractivity contribution in [1.29, 1.82) is 0 Å². The number of hydrogen-bond donors (Lipinski definition) is 0. The van der Waals surface area contributed by atoms with Crippen molar-refractivity contribution in [1.82, 2.24) is 0 Å². The molecule has 0 nitrogen and oxygen atoms in total. The monoisotopic (exact) mass is 253 g/mol. The molecule has 0 bridgehead atoms. The zero-order valence-corrected chi connectivity index (χ0v) is 6.73. The molecular weight excluding hydrogens is 240 g/mol. The van der Waals surface area contributed by atoms with Crippen LogP contribution in [0.1, 0.15) is 0 Å². The first-order chi connectivity index (χ1) is 0. The summed E-state index contributed by atoms with van der Waals surface area (Å²) in [5.41, 5.74) is 0. The second kappa shape index (κ2) is 333. The van der Waals surface area contributed by atoms with Crippen molar-refractivity contribution in [3.05, 3.63) is 29.7 Å². The van der Waals surface area contributed by atoms with E-state index in [1.807, 2.05) is 0 Å². The van der Waals surface area contributed by atoms with Gasteiger partial charge in [-0.15, -0.1) is 0 Å². The summed E-state index contributed by atoms with van der Waals surface area (Å²) < 4.78 is 0. The smallest absolute Gasteiger partial charge is 0.0467 e. The van der Waals surface area contributed by atoms with Crippen LogP contribution >= 0.6 is 0 Å². The molecule has 0 aromatic rings. The first-order valence-corrected chi connectivity index (χ1v) is 0. The van der Waals surface area contributed by atoms with Crippen LogP contribution in [0.4, 0.5) is 0 Å². The Hall–Kier alpha value is 0.389. The van der Waals surface area contributed by atoms with E-state index in [0.717, 1.165) is 0 Å². The molecule has 0 atom stereocenters. The minimum Gasteiger partial charge on any atom is -0.358 e. The first-order valence-electron chi connectivity index (χ1n) is 0. The molecule has 0 heterocycles. The van der Waals surface area contributed by atoms with Gasteiger partial charge in [0.15, 0.2) is 0 Å². The maximum atomic E-state index is 0. The zero-order chi connectivity index (χ0) is 0. The first kappa shape index (κ1) is 685. The fourth-order valence-corrected chi connectivity index (χ4v) is 0. The summed E-state index contributed by atoms with van der Waals surface area (Å²) in [6.07, 6.45) is 0. The van der Waals surface area contributed by atoms with Crippen LogP contribution in [-0.4, -0.2) is 0 Å². The van der Waals surface area contributed by atoms with Crippen LogP contribution in [-0.2, 0) is 20.1 Å². The van der Waals surface area contributed by atoms with Gasteiger partial charge in [-0.2, -0.15) is 0 Å². The van der Waals surface area contributed by atoms with Gasteiger partial charge in [-0.25, -0.2) is 0 Å². The molecule has 0 N–H and O–H groups in total. The average Bonchev–Trinajstić information content (AvgIpc) is 0. The van der Waals surface area contributed by atoms with Gasteiger partial charge in [0, 0.05) is 35.0 Å². The zero-order valence-electron chi connectivity index (χ0n) is 4.33. The molecule has 1 heteroatoms. The van der Waals surface area contributed by atoms with Crippen LogP contribution in [0, 0.1) is 29.7 Å². The van der Waals surface area contributed by atoms with E-state index in [0.29, 0.717) is 0 Å². The Kier molecular flexibility index (Phi) is 45600. The number of hydrogen-bond acceptors (Lipinski definition) is 0. The van der Waals surface area contributed by atoms with Gasteiger partial charge in [-0.1, -0.05) is 0 Å². The fourth-order valence-electron chi connectivity index (χ4n) is 0. The molecule has 0 fully saturated rings. The predicted molar refractivity (Wildman–Crippen MR) is 25.7 cm³/mol. The van der Waals surface area contributed by atoms with E-state index in [2.05, 4.69) is 0 Å². The van der Waals surface area contributed by atoms with Crippen molar-refractivity contribution in [2.45, 2.75) is 0 Å². The summed E-state index contributed by atoms with van der Waals surface area (Å²) in [5, 5.41) is 0. The van der Waals surface area contributed by atoms with Crippen LogP contribution in [0.5, 0.6) is 0 Å². The Balaban J connectivity index is 0. The largest absolute Gasteiger partial charge is 0.358 e. The Morgan fingerprint density at radius 2 is 0.600 bits per heavy atom. The molecule has 37 valence electrons. The Morgan fingerprint density at radius 1 is 0.600 bits per heavy atom. The van der Waals surface area contributed by atoms with Crippen LogP contribution in [0.25, 0.3) is 0 Å². The molecule has 5 heavy (non-hydrogen) atoms. The standard InChI is InChI=1S/4CH3.Ir/h4*1H3;/q2*-1;2*+1;. The van der Waals surface area contributed by atoms with Crippen LogP contribution in [0.3, 0.4) is 0 Å². The normalized spacial score (nSPS) is 0. The Bertz CT molecular complexity index is 3.61. The fraction of sp³-hybridized carbons (Fsp3) is 0. The van der Waals surface area contributed by atoms with Crippen molar-refractivity contribution in [3.8, 4) is 0 Å². The summed E-state index contributed by atoms with van der Waals surface area (Å²) >= 11 is 0. The van der Waals surface area contributed by atoms with Gasteiger partial charge in [0.2, 0.25) is 0 Å². The molecule has 0 amide bonds. The van der Waals surface area contributed by atoms with Crippen molar-refractivity contribution < 1.29 is 20.1 Å². The minimum atomic E-state index is 0. The molecule has 0 aliphatic carbocycles. The molecule has 0 rings (SSSR count). The Labute approximate surface area is 50.3 Å².